The third-order valence-corrected chi connectivity index (χ3v) is 4.11. The summed E-state index contributed by atoms with van der Waals surface area (Å²) < 4.78 is 5.08. The van der Waals surface area contributed by atoms with E-state index >= 15 is 0 Å². The molecule has 0 spiro atoms. The second-order valence-corrected chi connectivity index (χ2v) is 6.11. The maximum atomic E-state index is 12.2. The highest BCUT2D eigenvalue weighted by molar-refractivity contribution is 7.99. The molecule has 1 rings (SSSR count). The molecule has 0 radical (unpaired) electrons. The molecule has 1 heterocycles. The molecule has 0 saturated heterocycles. The highest BCUT2D eigenvalue weighted by Gasteiger charge is 2.18. The number of rotatable bonds is 8. The molecule has 1 N–H and O–H groups in total. The van der Waals surface area contributed by atoms with Gasteiger partial charge in [0.05, 0.1) is 17.9 Å². The first-order valence-corrected chi connectivity index (χ1v) is 7.99. The fourth-order valence-electron chi connectivity index (χ4n) is 1.92. The Balaban J connectivity index is 2.48. The zero-order valence-corrected chi connectivity index (χ0v) is 13.7. The van der Waals surface area contributed by atoms with Crippen LogP contribution in [0.2, 0.25) is 0 Å². The average molecular weight is 314 g/mol. The predicted molar refractivity (Wildman–Crippen MR) is 81.2 cm³/mol. The maximum Gasteiger partial charge on any atom is 0.305 e. The maximum absolute atomic E-state index is 12.2. The van der Waals surface area contributed by atoms with Crippen LogP contribution < -0.4 is 0 Å². The Morgan fingerprint density at radius 3 is 2.52 bits per heavy atom. The second-order valence-electron chi connectivity index (χ2n) is 5.12. The number of thioether (sulfide) groups is 1. The van der Waals surface area contributed by atoms with Crippen molar-refractivity contribution >= 4 is 23.6 Å². The normalized spacial score (nSPS) is 10.9. The van der Waals surface area contributed by atoms with E-state index < -0.39 is 5.97 Å². The van der Waals surface area contributed by atoms with Crippen LogP contribution in [0.3, 0.4) is 0 Å². The van der Waals surface area contributed by atoms with Gasteiger partial charge in [-0.3, -0.25) is 9.59 Å². The Hall–Kier alpha value is -1.50. The van der Waals surface area contributed by atoms with Gasteiger partial charge in [-0.05, 0) is 27.7 Å². The lowest BCUT2D eigenvalue weighted by molar-refractivity contribution is -0.138. The van der Waals surface area contributed by atoms with Crippen molar-refractivity contribution in [1.29, 1.82) is 0 Å². The molecule has 0 aliphatic rings. The minimum Gasteiger partial charge on any atom is -0.481 e. The monoisotopic (exact) mass is 314 g/mol. The SMILES string of the molecule is Cc1noc(C)c1CSCC(=O)N(CCC(=O)O)C(C)C. The average Bonchev–Trinajstić information content (AvgIpc) is 2.69. The van der Waals surface area contributed by atoms with E-state index in [4.69, 9.17) is 9.63 Å². The summed E-state index contributed by atoms with van der Waals surface area (Å²) >= 11 is 1.49. The van der Waals surface area contributed by atoms with Gasteiger partial charge in [0.2, 0.25) is 5.91 Å². The van der Waals surface area contributed by atoms with Crippen LogP contribution in [0.25, 0.3) is 0 Å². The Bertz CT molecular complexity index is 480. The van der Waals surface area contributed by atoms with Gasteiger partial charge < -0.3 is 14.5 Å². The molecule has 0 fully saturated rings. The van der Waals surface area contributed by atoms with Crippen molar-refractivity contribution in [2.75, 3.05) is 12.3 Å². The lowest BCUT2D eigenvalue weighted by atomic mass is 10.2. The van der Waals surface area contributed by atoms with E-state index in [-0.39, 0.29) is 24.9 Å². The number of aromatic nitrogens is 1. The highest BCUT2D eigenvalue weighted by Crippen LogP contribution is 2.20. The molecule has 0 unspecified atom stereocenters. The number of carbonyl (C=O) groups excluding carboxylic acids is 1. The van der Waals surface area contributed by atoms with Crippen molar-refractivity contribution in [3.05, 3.63) is 17.0 Å². The Morgan fingerprint density at radius 2 is 2.05 bits per heavy atom. The highest BCUT2D eigenvalue weighted by atomic mass is 32.2. The van der Waals surface area contributed by atoms with Crippen molar-refractivity contribution in [3.63, 3.8) is 0 Å². The van der Waals surface area contributed by atoms with E-state index in [0.29, 0.717) is 11.5 Å². The van der Waals surface area contributed by atoms with Gasteiger partial charge in [-0.1, -0.05) is 5.16 Å². The largest absolute Gasteiger partial charge is 0.481 e. The minimum atomic E-state index is -0.892. The number of nitrogens with zero attached hydrogens (tertiary/aromatic N) is 2. The Morgan fingerprint density at radius 1 is 1.38 bits per heavy atom. The summed E-state index contributed by atoms with van der Waals surface area (Å²) in [6, 6.07) is -0.00323. The van der Waals surface area contributed by atoms with Crippen LogP contribution in [0.5, 0.6) is 0 Å². The van der Waals surface area contributed by atoms with E-state index in [1.807, 2.05) is 27.7 Å². The van der Waals surface area contributed by atoms with Crippen molar-refractivity contribution in [2.24, 2.45) is 0 Å². The molecule has 7 heteroatoms. The number of aliphatic carboxylic acids is 1. The fraction of sp³-hybridized carbons (Fsp3) is 0.643. The summed E-state index contributed by atoms with van der Waals surface area (Å²) in [6.07, 6.45) is -0.0293. The molecule has 1 aromatic rings. The van der Waals surface area contributed by atoms with Crippen molar-refractivity contribution in [2.45, 2.75) is 45.9 Å². The molecule has 0 saturated carbocycles. The van der Waals surface area contributed by atoms with Crippen LogP contribution in [0, 0.1) is 13.8 Å². The molecule has 0 aliphatic heterocycles. The third-order valence-electron chi connectivity index (χ3n) is 3.16. The van der Waals surface area contributed by atoms with E-state index in [2.05, 4.69) is 5.16 Å². The topological polar surface area (TPSA) is 83.6 Å². The van der Waals surface area contributed by atoms with Gasteiger partial charge in [0, 0.05) is 23.9 Å². The molecular weight excluding hydrogens is 292 g/mol. The number of amides is 1. The van der Waals surface area contributed by atoms with Crippen LogP contribution in [-0.2, 0) is 15.3 Å². The van der Waals surface area contributed by atoms with Gasteiger partial charge in [0.15, 0.2) is 0 Å². The van der Waals surface area contributed by atoms with Crippen molar-refractivity contribution in [1.82, 2.24) is 10.1 Å². The summed E-state index contributed by atoms with van der Waals surface area (Å²) in [5, 5.41) is 12.6. The van der Waals surface area contributed by atoms with Crippen molar-refractivity contribution < 1.29 is 19.2 Å². The fourth-order valence-corrected chi connectivity index (χ4v) is 2.98. The summed E-state index contributed by atoms with van der Waals surface area (Å²) in [4.78, 5) is 24.4. The van der Waals surface area contributed by atoms with Crippen LogP contribution in [-0.4, -0.2) is 45.4 Å². The predicted octanol–water partition coefficient (Wildman–Crippen LogP) is 2.24. The molecular formula is C14H22N2O4S. The number of hydrogen-bond acceptors (Lipinski definition) is 5. The smallest absolute Gasteiger partial charge is 0.305 e. The number of hydrogen-bond donors (Lipinski definition) is 1. The first-order chi connectivity index (χ1) is 9.82. The number of carboxylic acids is 1. The molecule has 0 bridgehead atoms. The number of carboxylic acid groups (broad SMARTS) is 1. The minimum absolute atomic E-state index is 0.00323. The molecule has 0 atom stereocenters. The zero-order chi connectivity index (χ0) is 16.0. The van der Waals surface area contributed by atoms with Gasteiger partial charge in [-0.15, -0.1) is 11.8 Å². The van der Waals surface area contributed by atoms with E-state index in [0.717, 1.165) is 17.0 Å². The first-order valence-electron chi connectivity index (χ1n) is 6.83. The van der Waals surface area contributed by atoms with Gasteiger partial charge in [-0.2, -0.15) is 0 Å². The third kappa shape index (κ3) is 5.41. The Labute approximate surface area is 128 Å². The van der Waals surface area contributed by atoms with Gasteiger partial charge in [0.25, 0.3) is 0 Å². The summed E-state index contributed by atoms with van der Waals surface area (Å²) in [7, 11) is 0. The van der Waals surface area contributed by atoms with Crippen LogP contribution in [0.4, 0.5) is 0 Å². The van der Waals surface area contributed by atoms with E-state index in [1.165, 1.54) is 11.8 Å². The van der Waals surface area contributed by atoms with E-state index in [9.17, 15) is 9.59 Å². The molecule has 0 aliphatic carbocycles. The van der Waals surface area contributed by atoms with Crippen LogP contribution in [0.15, 0.2) is 4.52 Å². The summed E-state index contributed by atoms with van der Waals surface area (Å²) in [5.41, 5.74) is 1.87. The molecule has 0 aromatic carbocycles. The van der Waals surface area contributed by atoms with Gasteiger partial charge >= 0.3 is 5.97 Å². The zero-order valence-electron chi connectivity index (χ0n) is 12.9. The second kappa shape index (κ2) is 8.07. The first kappa shape index (κ1) is 17.6. The standard InChI is InChI=1S/C14H22N2O4S/c1-9(2)16(6-5-14(18)19)13(17)8-21-7-12-10(3)15-20-11(12)4/h9H,5-8H2,1-4H3,(H,18,19). The van der Waals surface area contributed by atoms with E-state index in [1.54, 1.807) is 4.90 Å². The Kier molecular flexibility index (Phi) is 6.74. The summed E-state index contributed by atoms with van der Waals surface area (Å²) in [5.74, 6) is 0.832. The molecule has 1 amide bonds. The van der Waals surface area contributed by atoms with Crippen LogP contribution >= 0.6 is 11.8 Å². The molecule has 6 nitrogen and oxygen atoms in total. The van der Waals surface area contributed by atoms with Crippen LogP contribution in [0.1, 0.15) is 37.3 Å². The molecule has 21 heavy (non-hydrogen) atoms. The number of carbonyl (C=O) groups is 2. The molecule has 118 valence electrons. The quantitative estimate of drug-likeness (QED) is 0.792. The summed E-state index contributed by atoms with van der Waals surface area (Å²) in [6.45, 7) is 7.75. The van der Waals surface area contributed by atoms with Crippen molar-refractivity contribution in [3.8, 4) is 0 Å². The van der Waals surface area contributed by atoms with Gasteiger partial charge in [-0.25, -0.2) is 0 Å². The number of aryl methyl sites for hydroxylation is 2. The lowest BCUT2D eigenvalue weighted by Gasteiger charge is -2.26. The lowest BCUT2D eigenvalue weighted by Crippen LogP contribution is -2.39. The molecule has 1 aromatic heterocycles. The van der Waals surface area contributed by atoms with Gasteiger partial charge in [0.1, 0.15) is 5.76 Å².